The molecule has 5 amide bonds. The number of hydrogen-bond acceptors (Lipinski definition) is 6. The van der Waals surface area contributed by atoms with Crippen LogP contribution in [0.25, 0.3) is 0 Å². The summed E-state index contributed by atoms with van der Waals surface area (Å²) in [5.41, 5.74) is 8.29. The van der Waals surface area contributed by atoms with Gasteiger partial charge in [-0.2, -0.15) is 0 Å². The van der Waals surface area contributed by atoms with Gasteiger partial charge in [0.2, 0.25) is 11.8 Å². The summed E-state index contributed by atoms with van der Waals surface area (Å²) in [7, 11) is 0. The van der Waals surface area contributed by atoms with Crippen LogP contribution in [0.2, 0.25) is 0 Å². The number of rotatable bonds is 16. The van der Waals surface area contributed by atoms with E-state index in [-0.39, 0.29) is 25.3 Å². The maximum Gasteiger partial charge on any atom is 0.407 e. The van der Waals surface area contributed by atoms with Gasteiger partial charge in [-0.05, 0) is 61.8 Å². The van der Waals surface area contributed by atoms with Crippen LogP contribution in [-0.2, 0) is 40.1 Å². The highest BCUT2D eigenvalue weighted by Gasteiger charge is 2.27. The van der Waals surface area contributed by atoms with E-state index in [1.165, 1.54) is 0 Å². The molecule has 0 aromatic heterocycles. The number of aliphatic hydroxyl groups is 1. The third-order valence-electron chi connectivity index (χ3n) is 7.63. The summed E-state index contributed by atoms with van der Waals surface area (Å²) in [6.07, 6.45) is -0.306. The number of carbonyl (C=O) groups excluding carboxylic acids is 4. The van der Waals surface area contributed by atoms with Crippen molar-refractivity contribution in [1.29, 1.82) is 0 Å². The number of aliphatic hydroxyl groups excluding tert-OH is 1. The van der Waals surface area contributed by atoms with Crippen molar-refractivity contribution in [2.45, 2.75) is 96.7 Å². The first-order valence-corrected chi connectivity index (χ1v) is 16.7. The summed E-state index contributed by atoms with van der Waals surface area (Å²) in [4.78, 5) is 51.0. The van der Waals surface area contributed by atoms with Gasteiger partial charge < -0.3 is 36.8 Å². The Bertz CT molecular complexity index is 1510. The van der Waals surface area contributed by atoms with E-state index in [1.807, 2.05) is 98.8 Å². The van der Waals surface area contributed by atoms with E-state index in [4.69, 9.17) is 10.5 Å². The molecular weight excluding hydrogens is 622 g/mol. The second-order valence-electron chi connectivity index (χ2n) is 13.7. The van der Waals surface area contributed by atoms with Crippen LogP contribution < -0.4 is 27.0 Å². The standard InChI is InChI=1S/C38H51N5O6/c1-25(2)19-32(35(46)41-31(34(39)45)22-27-15-10-7-11-16-27)42-36(47)40-24-29-18-12-17-28(20-29)23-33(44)30(21-26-13-8-6-9-14-26)43-37(48)49-38(3,4)5/h6-18,20,25,30-33,44H,19,21-24H2,1-5H3,(H2,39,45)(H,41,46)(H,43,48)(H2,40,42,47)/t30-,31-,32-,33-/m0/s1. The van der Waals surface area contributed by atoms with E-state index in [9.17, 15) is 24.3 Å². The second-order valence-corrected chi connectivity index (χ2v) is 13.7. The van der Waals surface area contributed by atoms with E-state index in [0.717, 1.165) is 22.3 Å². The van der Waals surface area contributed by atoms with E-state index < -0.39 is 53.8 Å². The predicted octanol–water partition coefficient (Wildman–Crippen LogP) is 4.15. The van der Waals surface area contributed by atoms with Gasteiger partial charge in [0.25, 0.3) is 0 Å². The molecule has 49 heavy (non-hydrogen) atoms. The first kappa shape index (κ1) is 38.5. The first-order valence-electron chi connectivity index (χ1n) is 16.7. The fourth-order valence-electron chi connectivity index (χ4n) is 5.30. The molecule has 264 valence electrons. The lowest BCUT2D eigenvalue weighted by molar-refractivity contribution is -0.128. The Labute approximate surface area is 289 Å². The molecule has 0 saturated heterocycles. The Morgan fingerprint density at radius 2 is 1.31 bits per heavy atom. The van der Waals surface area contributed by atoms with Gasteiger partial charge in [-0.3, -0.25) is 9.59 Å². The van der Waals surface area contributed by atoms with Gasteiger partial charge in [0.1, 0.15) is 17.7 Å². The Balaban J connectivity index is 1.62. The number of urea groups is 1. The van der Waals surface area contributed by atoms with Crippen molar-refractivity contribution in [2.24, 2.45) is 11.7 Å². The van der Waals surface area contributed by atoms with Gasteiger partial charge in [0, 0.05) is 19.4 Å². The Morgan fingerprint density at radius 3 is 1.88 bits per heavy atom. The molecule has 0 unspecified atom stereocenters. The molecule has 0 aliphatic heterocycles. The summed E-state index contributed by atoms with van der Waals surface area (Å²) < 4.78 is 5.44. The van der Waals surface area contributed by atoms with Gasteiger partial charge in [0.15, 0.2) is 0 Å². The summed E-state index contributed by atoms with van der Waals surface area (Å²) in [6.45, 7) is 9.36. The molecular formula is C38H51N5O6. The number of nitrogens with one attached hydrogen (secondary N) is 4. The number of amides is 5. The molecule has 0 aliphatic carbocycles. The molecule has 3 rings (SSSR count). The average molecular weight is 674 g/mol. The van der Waals surface area contributed by atoms with E-state index in [1.54, 1.807) is 20.8 Å². The molecule has 0 aliphatic rings. The van der Waals surface area contributed by atoms with Crippen molar-refractivity contribution < 1.29 is 29.0 Å². The van der Waals surface area contributed by atoms with Gasteiger partial charge >= 0.3 is 12.1 Å². The van der Waals surface area contributed by atoms with Crippen molar-refractivity contribution in [2.75, 3.05) is 0 Å². The normalized spacial score (nSPS) is 13.8. The maximum absolute atomic E-state index is 13.2. The molecule has 0 saturated carbocycles. The molecule has 3 aromatic rings. The lowest BCUT2D eigenvalue weighted by atomic mass is 9.95. The number of benzene rings is 3. The zero-order chi connectivity index (χ0) is 36.0. The molecule has 3 aromatic carbocycles. The number of carbonyl (C=O) groups is 4. The minimum absolute atomic E-state index is 0.0795. The van der Waals surface area contributed by atoms with E-state index in [0.29, 0.717) is 12.8 Å². The van der Waals surface area contributed by atoms with Gasteiger partial charge in [0.05, 0.1) is 12.1 Å². The molecule has 11 nitrogen and oxygen atoms in total. The van der Waals surface area contributed by atoms with Crippen molar-refractivity contribution in [3.05, 3.63) is 107 Å². The molecule has 0 spiro atoms. The fraction of sp³-hybridized carbons (Fsp3) is 0.421. The highest BCUT2D eigenvalue weighted by Crippen LogP contribution is 2.15. The number of hydrogen-bond donors (Lipinski definition) is 6. The first-order chi connectivity index (χ1) is 23.2. The quantitative estimate of drug-likeness (QED) is 0.133. The van der Waals surface area contributed by atoms with Crippen LogP contribution in [0.5, 0.6) is 0 Å². The lowest BCUT2D eigenvalue weighted by Gasteiger charge is -2.27. The van der Waals surface area contributed by atoms with Crippen molar-refractivity contribution >= 4 is 23.9 Å². The van der Waals surface area contributed by atoms with Crippen molar-refractivity contribution in [3.63, 3.8) is 0 Å². The highest BCUT2D eigenvalue weighted by molar-refractivity contribution is 5.91. The fourth-order valence-corrected chi connectivity index (χ4v) is 5.30. The maximum atomic E-state index is 13.2. The Kier molecular flexibility index (Phi) is 14.6. The van der Waals surface area contributed by atoms with Crippen LogP contribution in [0.3, 0.4) is 0 Å². The molecule has 0 fully saturated rings. The van der Waals surface area contributed by atoms with E-state index >= 15 is 0 Å². The topological polar surface area (TPSA) is 172 Å². The molecule has 0 bridgehead atoms. The third-order valence-corrected chi connectivity index (χ3v) is 7.63. The summed E-state index contributed by atoms with van der Waals surface area (Å²) >= 11 is 0. The Hall–Kier alpha value is -4.90. The summed E-state index contributed by atoms with van der Waals surface area (Å²) in [5, 5.41) is 22.3. The smallest absolute Gasteiger partial charge is 0.407 e. The van der Waals surface area contributed by atoms with Gasteiger partial charge in [-0.1, -0.05) is 98.8 Å². The zero-order valence-corrected chi connectivity index (χ0v) is 29.1. The molecule has 11 heteroatoms. The second kappa shape index (κ2) is 18.6. The zero-order valence-electron chi connectivity index (χ0n) is 29.1. The van der Waals surface area contributed by atoms with Crippen LogP contribution in [-0.4, -0.2) is 58.9 Å². The number of alkyl carbamates (subject to hydrolysis) is 1. The summed E-state index contributed by atoms with van der Waals surface area (Å²) in [5.74, 6) is -1.08. The largest absolute Gasteiger partial charge is 0.444 e. The van der Waals surface area contributed by atoms with Gasteiger partial charge in [-0.15, -0.1) is 0 Å². The van der Waals surface area contributed by atoms with Crippen LogP contribution in [0.1, 0.15) is 63.3 Å². The predicted molar refractivity (Wildman–Crippen MR) is 189 cm³/mol. The van der Waals surface area contributed by atoms with Crippen LogP contribution in [0.15, 0.2) is 84.9 Å². The van der Waals surface area contributed by atoms with Crippen LogP contribution in [0, 0.1) is 5.92 Å². The minimum atomic E-state index is -0.931. The van der Waals surface area contributed by atoms with Crippen molar-refractivity contribution in [1.82, 2.24) is 21.3 Å². The molecule has 0 radical (unpaired) electrons. The SMILES string of the molecule is CC(C)C[C@H](NC(=O)NCc1cccc(C[C@H](O)[C@H](Cc2ccccc2)NC(=O)OC(C)(C)C)c1)C(=O)N[C@@H](Cc1ccccc1)C(N)=O. The number of primary amides is 1. The van der Waals surface area contributed by atoms with Crippen LogP contribution >= 0.6 is 0 Å². The molecule has 4 atom stereocenters. The van der Waals surface area contributed by atoms with Crippen LogP contribution in [0.4, 0.5) is 9.59 Å². The van der Waals surface area contributed by atoms with Crippen molar-refractivity contribution in [3.8, 4) is 0 Å². The lowest BCUT2D eigenvalue weighted by Crippen LogP contribution is -2.55. The number of nitrogens with two attached hydrogens (primary N) is 1. The average Bonchev–Trinajstić information content (AvgIpc) is 3.03. The monoisotopic (exact) mass is 673 g/mol. The van der Waals surface area contributed by atoms with Gasteiger partial charge in [-0.25, -0.2) is 9.59 Å². The van der Waals surface area contributed by atoms with E-state index in [2.05, 4.69) is 21.3 Å². The Morgan fingerprint density at radius 1 is 0.735 bits per heavy atom. The third kappa shape index (κ3) is 14.4. The minimum Gasteiger partial charge on any atom is -0.444 e. The summed E-state index contributed by atoms with van der Waals surface area (Å²) in [6, 6.07) is 23.2. The highest BCUT2D eigenvalue weighted by atomic mass is 16.6. The number of ether oxygens (including phenoxy) is 1. The molecule has 0 heterocycles. The molecule has 7 N–H and O–H groups in total.